The Morgan fingerprint density at radius 2 is 2.09 bits per heavy atom. The smallest absolute Gasteiger partial charge is 0.311 e. The number of H-pyrrole nitrogens is 1. The molecule has 0 saturated heterocycles. The number of carbonyl (C=O) groups is 1. The summed E-state index contributed by atoms with van der Waals surface area (Å²) in [7, 11) is 1.79. The average molecular weight is 449 g/mol. The Hall–Kier alpha value is -4.35. The van der Waals surface area contributed by atoms with E-state index in [1.807, 2.05) is 6.92 Å². The molecule has 0 unspecified atom stereocenters. The van der Waals surface area contributed by atoms with Gasteiger partial charge in [0.05, 0.1) is 42.2 Å². The Labute approximate surface area is 186 Å². The van der Waals surface area contributed by atoms with Crippen LogP contribution in [0, 0.1) is 12.9 Å². The van der Waals surface area contributed by atoms with Crippen LogP contribution in [0.5, 0.6) is 0 Å². The van der Waals surface area contributed by atoms with Crippen LogP contribution in [0.15, 0.2) is 47.4 Å². The van der Waals surface area contributed by atoms with Crippen LogP contribution in [0.3, 0.4) is 0 Å². The number of aryl methyl sites for hydroxylation is 2. The van der Waals surface area contributed by atoms with Gasteiger partial charge in [0.15, 0.2) is 0 Å². The van der Waals surface area contributed by atoms with Crippen molar-refractivity contribution in [1.29, 1.82) is 0 Å². The normalized spacial score (nSPS) is 13.0. The van der Waals surface area contributed by atoms with E-state index >= 15 is 0 Å². The van der Waals surface area contributed by atoms with Crippen LogP contribution < -0.4 is 0 Å². The molecule has 1 aliphatic rings. The Balaban J connectivity index is 0.000000190. The zero-order valence-corrected chi connectivity index (χ0v) is 17.9. The van der Waals surface area contributed by atoms with E-state index < -0.39 is 0 Å². The molecular weight excluding hydrogens is 429 g/mol. The standard InChI is InChI=1S/C14H15N7O2.C7H5FN2/c1-8-5-17-20(2)11(8)12-18-19-13(23-12)14(22)21-4-3-9-10(6-21)16-7-15-9;8-7-3-1-2-6-4-5-9-10(6)7/h5,7H,3-4,6H2,1-2H3,(H,15,16);1-5H. The molecule has 5 aromatic heterocycles. The molecular formula is C21H20FN9O2. The molecule has 6 rings (SSSR count). The minimum atomic E-state index is -0.331. The van der Waals surface area contributed by atoms with Gasteiger partial charge in [-0.2, -0.15) is 14.6 Å². The third kappa shape index (κ3) is 3.86. The van der Waals surface area contributed by atoms with Crippen molar-refractivity contribution in [3.63, 3.8) is 0 Å². The Morgan fingerprint density at radius 3 is 2.88 bits per heavy atom. The summed E-state index contributed by atoms with van der Waals surface area (Å²) in [6.45, 7) is 2.95. The third-order valence-electron chi connectivity index (χ3n) is 5.37. The van der Waals surface area contributed by atoms with E-state index in [-0.39, 0.29) is 17.7 Å². The van der Waals surface area contributed by atoms with Crippen molar-refractivity contribution in [1.82, 2.24) is 44.5 Å². The van der Waals surface area contributed by atoms with Gasteiger partial charge < -0.3 is 14.3 Å². The molecule has 1 aliphatic heterocycles. The fourth-order valence-corrected chi connectivity index (χ4v) is 3.70. The van der Waals surface area contributed by atoms with Crippen LogP contribution in [-0.4, -0.2) is 56.9 Å². The van der Waals surface area contributed by atoms with Gasteiger partial charge in [-0.3, -0.25) is 9.48 Å². The van der Waals surface area contributed by atoms with Crippen molar-refractivity contribution in [3.8, 4) is 11.6 Å². The molecule has 5 aromatic rings. The molecule has 11 nitrogen and oxygen atoms in total. The lowest BCUT2D eigenvalue weighted by Gasteiger charge is -2.24. The quantitative estimate of drug-likeness (QED) is 0.410. The van der Waals surface area contributed by atoms with Gasteiger partial charge in [-0.05, 0) is 30.7 Å². The van der Waals surface area contributed by atoms with Crippen LogP contribution in [-0.2, 0) is 20.0 Å². The third-order valence-corrected chi connectivity index (χ3v) is 5.37. The number of pyridine rings is 1. The van der Waals surface area contributed by atoms with Crippen molar-refractivity contribution >= 4 is 11.4 Å². The van der Waals surface area contributed by atoms with Crippen molar-refractivity contribution in [2.45, 2.75) is 19.9 Å². The SMILES string of the molecule is Cc1cnn(C)c1-c1nnc(C(=O)N2CCc3nc[nH]c3C2)o1.Fc1cccc2ccnn12. The van der Waals surface area contributed by atoms with E-state index in [1.165, 1.54) is 10.6 Å². The number of fused-ring (bicyclic) bond motifs is 2. The molecule has 0 aliphatic carbocycles. The number of amides is 1. The molecule has 0 saturated carbocycles. The number of rotatable bonds is 2. The van der Waals surface area contributed by atoms with Gasteiger partial charge in [-0.15, -0.1) is 10.2 Å². The molecule has 0 radical (unpaired) electrons. The zero-order valence-electron chi connectivity index (χ0n) is 17.9. The molecule has 0 fully saturated rings. The van der Waals surface area contributed by atoms with E-state index in [0.29, 0.717) is 31.1 Å². The minimum Gasteiger partial charge on any atom is -0.411 e. The summed E-state index contributed by atoms with van der Waals surface area (Å²) in [6, 6.07) is 6.59. The number of hydrogen-bond donors (Lipinski definition) is 1. The lowest BCUT2D eigenvalue weighted by atomic mass is 10.1. The highest BCUT2D eigenvalue weighted by molar-refractivity contribution is 5.89. The maximum Gasteiger partial charge on any atom is 0.311 e. The Morgan fingerprint density at radius 1 is 1.21 bits per heavy atom. The summed E-state index contributed by atoms with van der Waals surface area (Å²) < 4.78 is 21.2. The monoisotopic (exact) mass is 449 g/mol. The molecule has 1 amide bonds. The van der Waals surface area contributed by atoms with Crippen LogP contribution in [0.4, 0.5) is 4.39 Å². The highest BCUT2D eigenvalue weighted by Crippen LogP contribution is 2.22. The lowest BCUT2D eigenvalue weighted by molar-refractivity contribution is 0.0692. The second-order valence-corrected chi connectivity index (χ2v) is 7.53. The summed E-state index contributed by atoms with van der Waals surface area (Å²) in [6.07, 6.45) is 5.64. The van der Waals surface area contributed by atoms with Crippen molar-refractivity contribution in [2.75, 3.05) is 6.54 Å². The number of hydrogen-bond acceptors (Lipinski definition) is 7. The first-order chi connectivity index (χ1) is 16.0. The number of imidazole rings is 1. The molecule has 1 N–H and O–H groups in total. The predicted molar refractivity (Wildman–Crippen MR) is 113 cm³/mol. The fourth-order valence-electron chi connectivity index (χ4n) is 3.70. The van der Waals surface area contributed by atoms with Crippen LogP contribution >= 0.6 is 0 Å². The van der Waals surface area contributed by atoms with E-state index in [0.717, 1.165) is 22.5 Å². The Bertz CT molecular complexity index is 1410. The van der Waals surface area contributed by atoms with Gasteiger partial charge in [0.2, 0.25) is 5.95 Å². The molecule has 0 bridgehead atoms. The first-order valence-electron chi connectivity index (χ1n) is 10.2. The second kappa shape index (κ2) is 8.30. The molecule has 6 heterocycles. The predicted octanol–water partition coefficient (Wildman–Crippen LogP) is 2.17. The van der Waals surface area contributed by atoms with Gasteiger partial charge in [-0.25, -0.2) is 9.50 Å². The van der Waals surface area contributed by atoms with Gasteiger partial charge >= 0.3 is 11.8 Å². The summed E-state index contributed by atoms with van der Waals surface area (Å²) in [5.74, 6) is -0.319. The summed E-state index contributed by atoms with van der Waals surface area (Å²) in [4.78, 5) is 21.5. The van der Waals surface area contributed by atoms with Crippen LogP contribution in [0.1, 0.15) is 27.6 Å². The van der Waals surface area contributed by atoms with Crippen molar-refractivity contribution < 1.29 is 13.6 Å². The molecule has 0 spiro atoms. The molecule has 12 heteroatoms. The Kier molecular flexibility index (Phi) is 5.17. The van der Waals surface area contributed by atoms with Crippen molar-refractivity contribution in [2.24, 2.45) is 7.05 Å². The van der Waals surface area contributed by atoms with Gasteiger partial charge in [0, 0.05) is 20.0 Å². The highest BCUT2D eigenvalue weighted by Gasteiger charge is 2.27. The van der Waals surface area contributed by atoms with Crippen LogP contribution in [0.25, 0.3) is 17.1 Å². The molecule has 168 valence electrons. The van der Waals surface area contributed by atoms with Gasteiger partial charge in [-0.1, -0.05) is 6.07 Å². The first-order valence-corrected chi connectivity index (χ1v) is 10.2. The van der Waals surface area contributed by atoms with Gasteiger partial charge in [0.25, 0.3) is 5.89 Å². The highest BCUT2D eigenvalue weighted by atomic mass is 19.1. The summed E-state index contributed by atoms with van der Waals surface area (Å²) in [5, 5.41) is 15.8. The number of aromatic amines is 1. The largest absolute Gasteiger partial charge is 0.411 e. The maximum absolute atomic E-state index is 12.7. The lowest BCUT2D eigenvalue weighted by Crippen LogP contribution is -2.36. The van der Waals surface area contributed by atoms with Crippen molar-refractivity contribution in [3.05, 3.63) is 71.8 Å². The minimum absolute atomic E-state index is 0.0106. The van der Waals surface area contributed by atoms with E-state index in [1.54, 1.807) is 53.5 Å². The molecule has 0 aromatic carbocycles. The number of halogens is 1. The van der Waals surface area contributed by atoms with Gasteiger partial charge in [0.1, 0.15) is 5.69 Å². The zero-order chi connectivity index (χ0) is 22.9. The average Bonchev–Trinajstić information content (AvgIpc) is 3.61. The number of nitrogens with zero attached hydrogens (tertiary/aromatic N) is 8. The number of nitrogens with one attached hydrogen (secondary N) is 1. The van der Waals surface area contributed by atoms with E-state index in [4.69, 9.17) is 4.42 Å². The maximum atomic E-state index is 12.7. The van der Waals surface area contributed by atoms with E-state index in [9.17, 15) is 9.18 Å². The topological polar surface area (TPSA) is 123 Å². The number of carbonyl (C=O) groups excluding carboxylic acids is 1. The molecule has 33 heavy (non-hydrogen) atoms. The van der Waals surface area contributed by atoms with Crippen LogP contribution in [0.2, 0.25) is 0 Å². The molecule has 0 atom stereocenters. The van der Waals surface area contributed by atoms with E-state index in [2.05, 4.69) is 30.4 Å². The second-order valence-electron chi connectivity index (χ2n) is 7.53. The summed E-state index contributed by atoms with van der Waals surface area (Å²) >= 11 is 0. The first kappa shape index (κ1) is 20.5. The number of aromatic nitrogens is 8. The fraction of sp³-hybridized carbons (Fsp3) is 0.238. The summed E-state index contributed by atoms with van der Waals surface area (Å²) in [5.41, 5.74) is 4.36.